The Morgan fingerprint density at radius 3 is 2.50 bits per heavy atom. The van der Waals surface area contributed by atoms with Crippen molar-refractivity contribution in [2.45, 2.75) is 64.8 Å². The molecule has 0 saturated carbocycles. The molecule has 0 spiro atoms. The van der Waals surface area contributed by atoms with Gasteiger partial charge in [0.05, 0.1) is 6.10 Å². The van der Waals surface area contributed by atoms with E-state index in [1.165, 1.54) is 12.1 Å². The van der Waals surface area contributed by atoms with Crippen molar-refractivity contribution in [3.8, 4) is 5.75 Å². The van der Waals surface area contributed by atoms with Crippen molar-refractivity contribution in [1.82, 2.24) is 0 Å². The number of carbonyl (C=O) groups is 2. The summed E-state index contributed by atoms with van der Waals surface area (Å²) in [7, 11) is -1.00. The fourth-order valence-electron chi connectivity index (χ4n) is 6.76. The van der Waals surface area contributed by atoms with Crippen LogP contribution in [-0.2, 0) is 4.65 Å². The van der Waals surface area contributed by atoms with Gasteiger partial charge >= 0.3 is 7.12 Å². The first-order chi connectivity index (χ1) is 18.3. The Kier molecular flexibility index (Phi) is 7.69. The number of allylic oxidation sites excluding steroid dienone is 2. The van der Waals surface area contributed by atoms with Crippen LogP contribution in [-0.4, -0.2) is 34.9 Å². The van der Waals surface area contributed by atoms with Gasteiger partial charge in [-0.2, -0.15) is 0 Å². The number of phenols is 1. The molecule has 0 aromatic heterocycles. The van der Waals surface area contributed by atoms with E-state index in [1.54, 1.807) is 30.3 Å². The second-order valence-corrected chi connectivity index (χ2v) is 10.7. The number of aromatic hydroxyl groups is 1. The number of hydrogen-bond donors (Lipinski definition) is 2. The minimum atomic E-state index is -1.00. The van der Waals surface area contributed by atoms with Crippen molar-refractivity contribution >= 4 is 24.8 Å². The lowest BCUT2D eigenvalue weighted by molar-refractivity contribution is 0.0599. The predicted molar refractivity (Wildman–Crippen MR) is 145 cm³/mol. The van der Waals surface area contributed by atoms with Crippen LogP contribution in [0.4, 0.5) is 4.39 Å². The first-order valence-electron chi connectivity index (χ1n) is 13.7. The van der Waals surface area contributed by atoms with Crippen LogP contribution in [0, 0.1) is 23.6 Å². The number of rotatable bonds is 7. The highest BCUT2D eigenvalue weighted by Gasteiger charge is 2.53. The van der Waals surface area contributed by atoms with E-state index in [-0.39, 0.29) is 29.3 Å². The van der Waals surface area contributed by atoms with Crippen molar-refractivity contribution in [2.24, 2.45) is 17.8 Å². The molecule has 1 saturated heterocycles. The van der Waals surface area contributed by atoms with Gasteiger partial charge in [0, 0.05) is 23.0 Å². The zero-order valence-electron chi connectivity index (χ0n) is 22.0. The highest BCUT2D eigenvalue weighted by atomic mass is 19.1. The van der Waals surface area contributed by atoms with Gasteiger partial charge in [0.25, 0.3) is 0 Å². The number of hydrogen-bond acceptors (Lipinski definition) is 5. The van der Waals surface area contributed by atoms with Crippen LogP contribution in [0.2, 0.25) is 6.32 Å². The summed E-state index contributed by atoms with van der Waals surface area (Å²) in [5, 5.41) is 20.3. The van der Waals surface area contributed by atoms with Gasteiger partial charge in [0.2, 0.25) is 0 Å². The van der Waals surface area contributed by atoms with Crippen LogP contribution < -0.4 is 0 Å². The smallest absolute Gasteiger partial charge is 0.455 e. The van der Waals surface area contributed by atoms with Gasteiger partial charge in [-0.15, -0.1) is 0 Å². The molecule has 198 valence electrons. The molecule has 38 heavy (non-hydrogen) atoms. The maximum absolute atomic E-state index is 13.9. The van der Waals surface area contributed by atoms with Crippen molar-refractivity contribution in [3.63, 3.8) is 0 Å². The Hall–Kier alpha value is -3.03. The van der Waals surface area contributed by atoms with Crippen LogP contribution in [0.3, 0.4) is 0 Å². The molecule has 3 aliphatic rings. The number of benzene rings is 2. The molecule has 2 N–H and O–H groups in total. The summed E-state index contributed by atoms with van der Waals surface area (Å²) in [4.78, 5) is 27.2. The fourth-order valence-corrected chi connectivity index (χ4v) is 6.76. The maximum atomic E-state index is 13.9. The van der Waals surface area contributed by atoms with Crippen molar-refractivity contribution in [1.29, 1.82) is 0 Å². The number of fused-ring (bicyclic) bond motifs is 4. The van der Waals surface area contributed by atoms with Crippen molar-refractivity contribution in [2.75, 3.05) is 0 Å². The number of ketones is 2. The third-order valence-corrected chi connectivity index (χ3v) is 8.43. The molecule has 0 amide bonds. The zero-order valence-corrected chi connectivity index (χ0v) is 22.0. The van der Waals surface area contributed by atoms with E-state index in [4.69, 9.17) is 4.65 Å². The summed E-state index contributed by atoms with van der Waals surface area (Å²) in [6.45, 7) is 4.16. The number of carbonyl (C=O) groups excluding carboxylic acids is 2. The van der Waals surface area contributed by atoms with Crippen LogP contribution in [0.5, 0.6) is 5.75 Å². The summed E-state index contributed by atoms with van der Waals surface area (Å²) >= 11 is 0. The normalized spacial score (nSPS) is 25.3. The van der Waals surface area contributed by atoms with Crippen molar-refractivity contribution < 1.29 is 28.8 Å². The lowest BCUT2D eigenvalue weighted by atomic mass is 9.54. The third-order valence-electron chi connectivity index (χ3n) is 8.43. The molecule has 4 atom stereocenters. The summed E-state index contributed by atoms with van der Waals surface area (Å²) in [5.41, 5.74) is 5.07. The van der Waals surface area contributed by atoms with Gasteiger partial charge < -0.3 is 14.8 Å². The van der Waals surface area contributed by atoms with Crippen LogP contribution in [0.25, 0.3) is 6.08 Å². The molecular formula is C31H34BFO5. The Balaban J connectivity index is 1.45. The zero-order chi connectivity index (χ0) is 27.0. The second-order valence-electron chi connectivity index (χ2n) is 10.7. The average molecular weight is 516 g/mol. The van der Waals surface area contributed by atoms with Gasteiger partial charge in [-0.3, -0.25) is 9.59 Å². The molecule has 5 nitrogen and oxygen atoms in total. The second kappa shape index (κ2) is 11.0. The predicted octanol–water partition coefficient (Wildman–Crippen LogP) is 6.41. The molecule has 0 radical (unpaired) electrons. The lowest BCUT2D eigenvalue weighted by Gasteiger charge is -2.47. The number of halogens is 1. The van der Waals surface area contributed by atoms with Gasteiger partial charge in [-0.1, -0.05) is 67.8 Å². The van der Waals surface area contributed by atoms with Gasteiger partial charge in [-0.25, -0.2) is 4.39 Å². The highest BCUT2D eigenvalue weighted by Crippen LogP contribution is 2.51. The minimum absolute atomic E-state index is 0.00312. The number of phenolic OH excluding ortho intramolecular Hbond substituents is 1. The van der Waals surface area contributed by atoms with E-state index in [0.29, 0.717) is 42.3 Å². The van der Waals surface area contributed by atoms with Gasteiger partial charge in [-0.05, 0) is 67.6 Å². The Labute approximate surface area is 223 Å². The largest absolute Gasteiger partial charge is 0.505 e. The molecule has 1 aliphatic heterocycles. The van der Waals surface area contributed by atoms with Gasteiger partial charge in [0.1, 0.15) is 0 Å². The van der Waals surface area contributed by atoms with E-state index >= 15 is 0 Å². The summed E-state index contributed by atoms with van der Waals surface area (Å²) in [6.07, 6.45) is 6.28. The number of Topliss-reactive ketones (excluding diaryl/α,β-unsaturated/α-hetero) is 2. The molecule has 2 aliphatic carbocycles. The van der Waals surface area contributed by atoms with Crippen LogP contribution in [0.15, 0.2) is 59.2 Å². The van der Waals surface area contributed by atoms with Crippen molar-refractivity contribution in [3.05, 3.63) is 81.7 Å². The van der Waals surface area contributed by atoms with E-state index in [0.717, 1.165) is 36.0 Å². The molecule has 1 heterocycles. The SMILES string of the molecule is CCC/C(=C\c1ccc(O)c(F)c1)CC[C@H]1OB(O)C[C@H]2C1=C(CC)C[C@H]1C(=O)c3ccccc3C(=O)[C@H]12. The molecule has 0 unspecified atom stereocenters. The Bertz CT molecular complexity index is 1320. The summed E-state index contributed by atoms with van der Waals surface area (Å²) < 4.78 is 20.0. The highest BCUT2D eigenvalue weighted by molar-refractivity contribution is 6.43. The Morgan fingerprint density at radius 1 is 1.08 bits per heavy atom. The summed E-state index contributed by atoms with van der Waals surface area (Å²) in [5.74, 6) is -2.10. The lowest BCUT2D eigenvalue weighted by Crippen LogP contribution is -2.50. The summed E-state index contributed by atoms with van der Waals surface area (Å²) in [6, 6.07) is 11.5. The third kappa shape index (κ3) is 4.90. The monoisotopic (exact) mass is 516 g/mol. The van der Waals surface area contributed by atoms with Crippen LogP contribution >= 0.6 is 0 Å². The van der Waals surface area contributed by atoms with E-state index in [1.807, 2.05) is 6.08 Å². The van der Waals surface area contributed by atoms with E-state index in [9.17, 15) is 24.1 Å². The van der Waals surface area contributed by atoms with E-state index < -0.39 is 24.8 Å². The average Bonchev–Trinajstić information content (AvgIpc) is 2.91. The van der Waals surface area contributed by atoms with Crippen LogP contribution in [0.1, 0.15) is 78.7 Å². The minimum Gasteiger partial charge on any atom is -0.505 e. The molecule has 2 aromatic carbocycles. The first-order valence-corrected chi connectivity index (χ1v) is 13.7. The topological polar surface area (TPSA) is 83.8 Å². The first kappa shape index (κ1) is 26.6. The quantitative estimate of drug-likeness (QED) is 0.328. The Morgan fingerprint density at radius 2 is 1.82 bits per heavy atom. The van der Waals surface area contributed by atoms with Gasteiger partial charge in [0.15, 0.2) is 23.1 Å². The molecular weight excluding hydrogens is 482 g/mol. The molecule has 0 bridgehead atoms. The molecule has 5 rings (SSSR count). The molecule has 2 aromatic rings. The standard InChI is InChI=1S/C31H34BFO5/c1-3-7-18(14-19-10-12-26(34)25(33)15-19)11-13-27-28-20(4-2)16-23-29(24(28)17-32(37)38-27)31(36)22-9-6-5-8-21(22)30(23)35/h5-6,8-10,12,14-15,23-24,27,29,34,37H,3-4,7,11,13,16-17H2,1-2H3/b18-14+/t23-,24+,27-,29-/m1/s1. The molecule has 1 fully saturated rings. The molecule has 7 heteroatoms. The van der Waals surface area contributed by atoms with E-state index in [2.05, 4.69) is 13.8 Å². The fraction of sp³-hybridized carbons (Fsp3) is 0.419. The maximum Gasteiger partial charge on any atom is 0.455 e.